The number of methoxy groups -OCH3 is 1. The summed E-state index contributed by atoms with van der Waals surface area (Å²) in [5.74, 6) is 0.148. The highest BCUT2D eigenvalue weighted by Gasteiger charge is 2.21. The Hall–Kier alpha value is -1.50. The molecule has 6 nitrogen and oxygen atoms in total. The summed E-state index contributed by atoms with van der Waals surface area (Å²) in [5, 5.41) is 3.20. The van der Waals surface area contributed by atoms with Gasteiger partial charge in [0.1, 0.15) is 5.75 Å². The molecule has 1 aliphatic heterocycles. The maximum atomic E-state index is 12.3. The Morgan fingerprint density at radius 1 is 1.59 bits per heavy atom. The Kier molecular flexibility index (Phi) is 5.88. The quantitative estimate of drug-likeness (QED) is 0.799. The average molecular weight is 328 g/mol. The maximum Gasteiger partial charge on any atom is 0.255 e. The van der Waals surface area contributed by atoms with E-state index in [-0.39, 0.29) is 12.0 Å². The van der Waals surface area contributed by atoms with Crippen LogP contribution in [0, 0.1) is 0 Å². The van der Waals surface area contributed by atoms with E-state index >= 15 is 0 Å². The number of anilines is 1. The van der Waals surface area contributed by atoms with E-state index in [0.29, 0.717) is 35.2 Å². The summed E-state index contributed by atoms with van der Waals surface area (Å²) >= 11 is 5.98. The van der Waals surface area contributed by atoms with E-state index in [1.807, 2.05) is 0 Å². The van der Waals surface area contributed by atoms with Crippen molar-refractivity contribution in [1.82, 2.24) is 10.2 Å². The van der Waals surface area contributed by atoms with Gasteiger partial charge in [0, 0.05) is 25.7 Å². The summed E-state index contributed by atoms with van der Waals surface area (Å²) in [6.45, 7) is 5.97. The summed E-state index contributed by atoms with van der Waals surface area (Å²) in [6, 6.07) is 3.07. The van der Waals surface area contributed by atoms with E-state index in [4.69, 9.17) is 26.8 Å². The van der Waals surface area contributed by atoms with Crippen LogP contribution in [0.15, 0.2) is 12.1 Å². The second kappa shape index (κ2) is 7.67. The number of ether oxygens (including phenoxy) is 2. The normalized spacial score (nSPS) is 19.0. The first-order chi connectivity index (χ1) is 10.5. The highest BCUT2D eigenvalue weighted by Crippen LogP contribution is 2.28. The number of nitrogen functional groups attached to an aromatic ring is 1. The van der Waals surface area contributed by atoms with Gasteiger partial charge in [-0.15, -0.1) is 0 Å². The molecule has 1 atom stereocenters. The van der Waals surface area contributed by atoms with Gasteiger partial charge in [-0.05, 0) is 12.6 Å². The molecule has 1 aliphatic rings. The van der Waals surface area contributed by atoms with Crippen LogP contribution in [0.2, 0.25) is 5.02 Å². The molecule has 1 heterocycles. The van der Waals surface area contributed by atoms with Crippen LogP contribution >= 0.6 is 11.6 Å². The van der Waals surface area contributed by atoms with Crippen molar-refractivity contribution in [2.24, 2.45) is 0 Å². The third-order valence-corrected chi connectivity index (χ3v) is 4.05. The number of hydrogen-bond acceptors (Lipinski definition) is 5. The molecular formula is C15H22ClN3O3. The zero-order valence-corrected chi connectivity index (χ0v) is 13.7. The smallest absolute Gasteiger partial charge is 0.255 e. The summed E-state index contributed by atoms with van der Waals surface area (Å²) in [7, 11) is 1.49. The van der Waals surface area contributed by atoms with E-state index in [0.717, 1.165) is 19.6 Å². The lowest BCUT2D eigenvalue weighted by atomic mass is 10.1. The van der Waals surface area contributed by atoms with Crippen molar-refractivity contribution in [2.45, 2.75) is 13.0 Å². The molecule has 2 rings (SSSR count). The van der Waals surface area contributed by atoms with Gasteiger partial charge in [0.2, 0.25) is 0 Å². The first-order valence-electron chi connectivity index (χ1n) is 7.30. The van der Waals surface area contributed by atoms with Crippen molar-refractivity contribution in [3.05, 3.63) is 22.7 Å². The SMILES string of the molecule is CCN1CCOC(CNC(=O)c2cc(Cl)c(N)cc2OC)C1. The number of hydrogen-bond donors (Lipinski definition) is 2. The van der Waals surface area contributed by atoms with E-state index in [9.17, 15) is 4.79 Å². The number of benzene rings is 1. The third-order valence-electron chi connectivity index (χ3n) is 3.72. The summed E-state index contributed by atoms with van der Waals surface area (Å²) in [6.07, 6.45) is -0.00658. The zero-order chi connectivity index (χ0) is 16.1. The Balaban J connectivity index is 1.99. The number of nitrogens with zero attached hydrogens (tertiary/aromatic N) is 1. The Labute approximate surface area is 135 Å². The number of nitrogens with one attached hydrogen (secondary N) is 1. The summed E-state index contributed by atoms with van der Waals surface area (Å²) in [4.78, 5) is 14.6. The molecule has 0 aromatic heterocycles. The summed E-state index contributed by atoms with van der Waals surface area (Å²) in [5.41, 5.74) is 6.46. The molecular weight excluding hydrogens is 306 g/mol. The minimum atomic E-state index is -0.254. The monoisotopic (exact) mass is 327 g/mol. The molecule has 0 radical (unpaired) electrons. The van der Waals surface area contributed by atoms with Crippen molar-refractivity contribution >= 4 is 23.2 Å². The molecule has 122 valence electrons. The van der Waals surface area contributed by atoms with Crippen LogP contribution in [-0.2, 0) is 4.74 Å². The second-order valence-corrected chi connectivity index (χ2v) is 5.58. The number of nitrogens with two attached hydrogens (primary N) is 1. The van der Waals surface area contributed by atoms with Gasteiger partial charge in [-0.1, -0.05) is 18.5 Å². The number of halogens is 1. The molecule has 1 unspecified atom stereocenters. The van der Waals surface area contributed by atoms with Crippen molar-refractivity contribution in [3.8, 4) is 5.75 Å². The van der Waals surface area contributed by atoms with Crippen molar-refractivity contribution in [3.63, 3.8) is 0 Å². The average Bonchev–Trinajstić information content (AvgIpc) is 2.54. The Bertz CT molecular complexity index is 539. The minimum Gasteiger partial charge on any atom is -0.496 e. The van der Waals surface area contributed by atoms with Crippen molar-refractivity contribution in [2.75, 3.05) is 45.6 Å². The highest BCUT2D eigenvalue weighted by atomic mass is 35.5. The van der Waals surface area contributed by atoms with Crippen molar-refractivity contribution in [1.29, 1.82) is 0 Å². The molecule has 3 N–H and O–H groups in total. The number of carbonyl (C=O) groups excluding carboxylic acids is 1. The zero-order valence-electron chi connectivity index (χ0n) is 12.9. The van der Waals surface area contributed by atoms with Crippen LogP contribution < -0.4 is 15.8 Å². The van der Waals surface area contributed by atoms with Gasteiger partial charge in [-0.25, -0.2) is 0 Å². The number of amides is 1. The number of carbonyl (C=O) groups is 1. The van der Waals surface area contributed by atoms with Gasteiger partial charge in [0.15, 0.2) is 0 Å². The molecule has 1 fully saturated rings. The van der Waals surface area contributed by atoms with E-state index in [1.54, 1.807) is 6.07 Å². The molecule has 0 saturated carbocycles. The predicted octanol–water partition coefficient (Wildman–Crippen LogP) is 1.38. The van der Waals surface area contributed by atoms with Crippen LogP contribution in [0.4, 0.5) is 5.69 Å². The van der Waals surface area contributed by atoms with Crippen LogP contribution in [0.1, 0.15) is 17.3 Å². The van der Waals surface area contributed by atoms with E-state index in [1.165, 1.54) is 13.2 Å². The maximum absolute atomic E-state index is 12.3. The summed E-state index contributed by atoms with van der Waals surface area (Å²) < 4.78 is 10.9. The van der Waals surface area contributed by atoms with Gasteiger partial charge in [0.25, 0.3) is 5.91 Å². The molecule has 1 aromatic rings. The Morgan fingerprint density at radius 2 is 2.36 bits per heavy atom. The fraction of sp³-hybridized carbons (Fsp3) is 0.533. The molecule has 0 bridgehead atoms. The molecule has 7 heteroatoms. The molecule has 22 heavy (non-hydrogen) atoms. The van der Waals surface area contributed by atoms with Gasteiger partial charge >= 0.3 is 0 Å². The van der Waals surface area contributed by atoms with Gasteiger partial charge in [-0.2, -0.15) is 0 Å². The Morgan fingerprint density at radius 3 is 3.05 bits per heavy atom. The van der Waals surface area contributed by atoms with Gasteiger partial charge in [-0.3, -0.25) is 9.69 Å². The number of rotatable bonds is 5. The highest BCUT2D eigenvalue weighted by molar-refractivity contribution is 6.33. The fourth-order valence-corrected chi connectivity index (χ4v) is 2.57. The van der Waals surface area contributed by atoms with Gasteiger partial charge in [0.05, 0.1) is 36.1 Å². The predicted molar refractivity (Wildman–Crippen MR) is 86.6 cm³/mol. The third kappa shape index (κ3) is 4.03. The van der Waals surface area contributed by atoms with Crippen LogP contribution in [0.5, 0.6) is 5.75 Å². The largest absolute Gasteiger partial charge is 0.496 e. The minimum absolute atomic E-state index is 0.00658. The van der Waals surface area contributed by atoms with Crippen LogP contribution in [0.25, 0.3) is 0 Å². The molecule has 1 aromatic carbocycles. The van der Waals surface area contributed by atoms with Crippen LogP contribution in [-0.4, -0.2) is 56.8 Å². The first kappa shape index (κ1) is 16.9. The topological polar surface area (TPSA) is 76.8 Å². The lowest BCUT2D eigenvalue weighted by molar-refractivity contribution is -0.0246. The molecule has 1 saturated heterocycles. The van der Waals surface area contributed by atoms with Crippen LogP contribution in [0.3, 0.4) is 0 Å². The standard InChI is InChI=1S/C15H22ClN3O3/c1-3-19-4-5-22-10(9-19)8-18-15(20)11-6-12(16)13(17)7-14(11)21-2/h6-7,10H,3-5,8-9,17H2,1-2H3,(H,18,20). The molecule has 1 amide bonds. The number of likely N-dealkylation sites (N-methyl/N-ethyl adjacent to an activating group) is 1. The van der Waals surface area contributed by atoms with Crippen molar-refractivity contribution < 1.29 is 14.3 Å². The number of morpholine rings is 1. The van der Waals surface area contributed by atoms with E-state index in [2.05, 4.69) is 17.1 Å². The first-order valence-corrected chi connectivity index (χ1v) is 7.68. The lowest BCUT2D eigenvalue weighted by Crippen LogP contribution is -2.47. The van der Waals surface area contributed by atoms with E-state index < -0.39 is 0 Å². The molecule has 0 aliphatic carbocycles. The van der Waals surface area contributed by atoms with Gasteiger partial charge < -0.3 is 20.5 Å². The lowest BCUT2D eigenvalue weighted by Gasteiger charge is -2.32. The molecule has 0 spiro atoms. The second-order valence-electron chi connectivity index (χ2n) is 5.17. The fourth-order valence-electron chi connectivity index (χ4n) is 2.41.